The van der Waals surface area contributed by atoms with Crippen molar-refractivity contribution in [3.8, 4) is 5.69 Å². The van der Waals surface area contributed by atoms with Crippen LogP contribution >= 0.6 is 11.6 Å². The van der Waals surface area contributed by atoms with Crippen LogP contribution in [0.1, 0.15) is 39.9 Å². The maximum absolute atomic E-state index is 14.4. The second kappa shape index (κ2) is 6.50. The average molecular weight is 368 g/mol. The van der Waals surface area contributed by atoms with E-state index in [1.54, 1.807) is 30.3 Å². The summed E-state index contributed by atoms with van der Waals surface area (Å²) in [5, 5.41) is 0. The number of nitrogens with zero attached hydrogens (tertiary/aromatic N) is 3. The molecule has 6 heteroatoms. The summed E-state index contributed by atoms with van der Waals surface area (Å²) in [5.74, 6) is 0.609. The van der Waals surface area contributed by atoms with Gasteiger partial charge in [-0.1, -0.05) is 12.1 Å². The van der Waals surface area contributed by atoms with Gasteiger partial charge in [-0.2, -0.15) is 0 Å². The largest absolute Gasteiger partial charge is 0.301 e. The molecular formula is C20H15ClFN3O. The van der Waals surface area contributed by atoms with Crippen molar-refractivity contribution in [2.45, 2.75) is 19.3 Å². The smallest absolute Gasteiger partial charge is 0.159 e. The van der Waals surface area contributed by atoms with E-state index >= 15 is 0 Å². The van der Waals surface area contributed by atoms with Gasteiger partial charge >= 0.3 is 0 Å². The van der Waals surface area contributed by atoms with Crippen molar-refractivity contribution < 1.29 is 9.18 Å². The average Bonchev–Trinajstić information content (AvgIpc) is 3.00. The summed E-state index contributed by atoms with van der Waals surface area (Å²) >= 11 is 5.92. The zero-order valence-electron chi connectivity index (χ0n) is 14.0. The molecule has 1 aliphatic rings. The molecule has 130 valence electrons. The van der Waals surface area contributed by atoms with Gasteiger partial charge in [0.1, 0.15) is 11.6 Å². The Kier molecular flexibility index (Phi) is 4.17. The van der Waals surface area contributed by atoms with E-state index in [0.717, 1.165) is 17.2 Å². The number of fused-ring (bicyclic) bond motifs is 3. The SMILES string of the molecule is CC(=O)c1ccc2c(c1)C(c1ccccc1F)=NCc1nc(CCl)cn1-2. The number of imidazole rings is 1. The summed E-state index contributed by atoms with van der Waals surface area (Å²) < 4.78 is 16.4. The number of carbonyl (C=O) groups is 1. The fourth-order valence-corrected chi connectivity index (χ4v) is 3.26. The van der Waals surface area contributed by atoms with Crippen LogP contribution in [-0.2, 0) is 12.4 Å². The summed E-state index contributed by atoms with van der Waals surface area (Å²) in [6.07, 6.45) is 1.86. The second-order valence-corrected chi connectivity index (χ2v) is 6.35. The molecule has 0 radical (unpaired) electrons. The van der Waals surface area contributed by atoms with Gasteiger partial charge < -0.3 is 4.57 Å². The molecule has 0 amide bonds. The molecule has 1 aromatic heterocycles. The van der Waals surface area contributed by atoms with Crippen molar-refractivity contribution in [2.75, 3.05) is 0 Å². The Labute approximate surface area is 155 Å². The highest BCUT2D eigenvalue weighted by Gasteiger charge is 2.22. The number of aliphatic imine (C=N–C) groups is 1. The highest BCUT2D eigenvalue weighted by molar-refractivity contribution is 6.17. The van der Waals surface area contributed by atoms with Crippen LogP contribution in [0.2, 0.25) is 0 Å². The number of aromatic nitrogens is 2. The Hall–Kier alpha value is -2.79. The van der Waals surface area contributed by atoms with Gasteiger partial charge in [-0.05, 0) is 37.3 Å². The molecular weight excluding hydrogens is 353 g/mol. The molecule has 0 fully saturated rings. The molecule has 0 aliphatic carbocycles. The van der Waals surface area contributed by atoms with Gasteiger partial charge in [-0.3, -0.25) is 9.79 Å². The maximum Gasteiger partial charge on any atom is 0.159 e. The first-order valence-corrected chi connectivity index (χ1v) is 8.70. The lowest BCUT2D eigenvalue weighted by Crippen LogP contribution is -2.10. The summed E-state index contributed by atoms with van der Waals surface area (Å²) in [6, 6.07) is 11.9. The third kappa shape index (κ3) is 2.74. The van der Waals surface area contributed by atoms with E-state index in [9.17, 15) is 9.18 Å². The standard InChI is InChI=1S/C20H15ClFN3O/c1-12(26)13-6-7-18-16(8-13)20(15-4-2-3-5-17(15)22)23-10-19-24-14(9-21)11-25(18)19/h2-8,11H,9-10H2,1H3. The van der Waals surface area contributed by atoms with Gasteiger partial charge in [0.05, 0.1) is 29.5 Å². The lowest BCUT2D eigenvalue weighted by molar-refractivity contribution is 0.101. The Morgan fingerprint density at radius 2 is 2.04 bits per heavy atom. The van der Waals surface area contributed by atoms with Crippen LogP contribution in [0.5, 0.6) is 0 Å². The highest BCUT2D eigenvalue weighted by atomic mass is 35.5. The number of Topliss-reactive ketones (excluding diaryl/α,β-unsaturated/α-hetero) is 1. The Morgan fingerprint density at radius 3 is 2.77 bits per heavy atom. The van der Waals surface area contributed by atoms with Crippen molar-refractivity contribution in [1.29, 1.82) is 0 Å². The topological polar surface area (TPSA) is 47.2 Å². The number of hydrogen-bond acceptors (Lipinski definition) is 3. The van der Waals surface area contributed by atoms with Gasteiger partial charge in [0.15, 0.2) is 5.78 Å². The Bertz CT molecular complexity index is 1050. The molecule has 3 aromatic rings. The molecule has 26 heavy (non-hydrogen) atoms. The minimum absolute atomic E-state index is 0.0581. The third-order valence-corrected chi connectivity index (χ3v) is 4.66. The molecule has 1 aliphatic heterocycles. The van der Waals surface area contributed by atoms with E-state index in [-0.39, 0.29) is 11.6 Å². The molecule has 4 rings (SSSR count). The van der Waals surface area contributed by atoms with Gasteiger partial charge in [0.2, 0.25) is 0 Å². The van der Waals surface area contributed by atoms with Crippen molar-refractivity contribution in [2.24, 2.45) is 4.99 Å². The minimum Gasteiger partial charge on any atom is -0.301 e. The minimum atomic E-state index is -0.355. The van der Waals surface area contributed by atoms with E-state index in [2.05, 4.69) is 9.98 Å². The summed E-state index contributed by atoms with van der Waals surface area (Å²) in [7, 11) is 0. The second-order valence-electron chi connectivity index (χ2n) is 6.08. The quantitative estimate of drug-likeness (QED) is 0.511. The summed E-state index contributed by atoms with van der Waals surface area (Å²) in [4.78, 5) is 21.0. The lowest BCUT2D eigenvalue weighted by Gasteiger charge is -2.13. The van der Waals surface area contributed by atoms with Gasteiger partial charge in [-0.25, -0.2) is 9.37 Å². The third-order valence-electron chi connectivity index (χ3n) is 4.39. The van der Waals surface area contributed by atoms with Crippen molar-refractivity contribution in [3.63, 3.8) is 0 Å². The number of rotatable bonds is 3. The molecule has 0 unspecified atom stereocenters. The number of benzene rings is 2. The van der Waals surface area contributed by atoms with Gasteiger partial charge in [0.25, 0.3) is 0 Å². The van der Waals surface area contributed by atoms with Gasteiger partial charge in [-0.15, -0.1) is 11.6 Å². The molecule has 0 atom stereocenters. The van der Waals surface area contributed by atoms with Crippen LogP contribution in [0.3, 0.4) is 0 Å². The molecule has 4 nitrogen and oxygen atoms in total. The van der Waals surface area contributed by atoms with Crippen LogP contribution in [0.15, 0.2) is 53.7 Å². The normalized spacial score (nSPS) is 12.8. The van der Waals surface area contributed by atoms with Gasteiger partial charge in [0, 0.05) is 22.9 Å². The monoisotopic (exact) mass is 367 g/mol. The first-order chi connectivity index (χ1) is 12.6. The van der Waals surface area contributed by atoms with E-state index in [1.165, 1.54) is 13.0 Å². The summed E-state index contributed by atoms with van der Waals surface area (Å²) in [6.45, 7) is 1.80. The zero-order valence-corrected chi connectivity index (χ0v) is 14.8. The van der Waals surface area contributed by atoms with Crippen LogP contribution in [-0.4, -0.2) is 21.0 Å². The zero-order chi connectivity index (χ0) is 18.3. The molecule has 0 bridgehead atoms. The van der Waals surface area contributed by atoms with Crippen molar-refractivity contribution >= 4 is 23.1 Å². The molecule has 0 spiro atoms. The van der Waals surface area contributed by atoms with Crippen molar-refractivity contribution in [1.82, 2.24) is 9.55 Å². The number of ketones is 1. The van der Waals surface area contributed by atoms with Crippen molar-refractivity contribution in [3.05, 3.63) is 82.7 Å². The number of hydrogen-bond donors (Lipinski definition) is 0. The fourth-order valence-electron chi connectivity index (χ4n) is 3.13. The van der Waals surface area contributed by atoms with E-state index < -0.39 is 0 Å². The molecule has 2 heterocycles. The predicted molar refractivity (Wildman–Crippen MR) is 98.9 cm³/mol. The summed E-state index contributed by atoms with van der Waals surface area (Å²) in [5.41, 5.74) is 3.70. The lowest BCUT2D eigenvalue weighted by atomic mass is 9.97. The van der Waals surface area contributed by atoms with E-state index in [1.807, 2.05) is 16.8 Å². The number of alkyl halides is 1. The Balaban J connectivity index is 1.99. The fraction of sp³-hybridized carbons (Fsp3) is 0.150. The predicted octanol–water partition coefficient (Wildman–Crippen LogP) is 4.30. The van der Waals surface area contributed by atoms with Crippen LogP contribution in [0, 0.1) is 5.82 Å². The van der Waals surface area contributed by atoms with E-state index in [0.29, 0.717) is 34.8 Å². The Morgan fingerprint density at radius 1 is 1.23 bits per heavy atom. The van der Waals surface area contributed by atoms with Crippen LogP contribution < -0.4 is 0 Å². The molecule has 0 saturated heterocycles. The molecule has 0 saturated carbocycles. The highest BCUT2D eigenvalue weighted by Crippen LogP contribution is 2.28. The van der Waals surface area contributed by atoms with Crippen LogP contribution in [0.25, 0.3) is 5.69 Å². The molecule has 2 aromatic carbocycles. The first kappa shape index (κ1) is 16.7. The molecule has 0 N–H and O–H groups in total. The first-order valence-electron chi connectivity index (χ1n) is 8.16. The van der Waals surface area contributed by atoms with E-state index in [4.69, 9.17) is 11.6 Å². The number of carbonyl (C=O) groups excluding carboxylic acids is 1. The van der Waals surface area contributed by atoms with Crippen LogP contribution in [0.4, 0.5) is 4.39 Å². The number of halogens is 2. The maximum atomic E-state index is 14.4.